The molecule has 2 aromatic rings. The average molecular weight is 343 g/mol. The first kappa shape index (κ1) is 17.4. The molecule has 1 aliphatic rings. The number of anilines is 1. The SMILES string of the molecule is CC(c1cccc(F)c1)N1CCN(CC(=O)Nc2cccnn2)CC1. The van der Waals surface area contributed by atoms with Crippen molar-refractivity contribution < 1.29 is 9.18 Å². The van der Waals surface area contributed by atoms with Crippen LogP contribution in [-0.4, -0.2) is 58.6 Å². The predicted octanol–water partition coefficient (Wildman–Crippen LogP) is 1.93. The molecule has 1 unspecified atom stereocenters. The van der Waals surface area contributed by atoms with Gasteiger partial charge in [0.05, 0.1) is 6.54 Å². The van der Waals surface area contributed by atoms with E-state index in [-0.39, 0.29) is 17.8 Å². The summed E-state index contributed by atoms with van der Waals surface area (Å²) < 4.78 is 13.4. The molecule has 0 radical (unpaired) electrons. The standard InChI is InChI=1S/C18H22FN5O/c1-14(15-4-2-5-16(19)12-15)24-10-8-23(9-11-24)13-18(25)21-17-6-3-7-20-22-17/h2-7,12,14H,8-11,13H2,1H3,(H,21,22,25). The Hall–Kier alpha value is -2.38. The Morgan fingerprint density at radius 1 is 1.24 bits per heavy atom. The first-order valence-electron chi connectivity index (χ1n) is 8.41. The number of carbonyl (C=O) groups excluding carboxylic acids is 1. The molecule has 25 heavy (non-hydrogen) atoms. The van der Waals surface area contributed by atoms with Gasteiger partial charge in [-0.3, -0.25) is 14.6 Å². The lowest BCUT2D eigenvalue weighted by atomic mass is 10.1. The number of amides is 1. The van der Waals surface area contributed by atoms with E-state index in [0.717, 1.165) is 31.7 Å². The van der Waals surface area contributed by atoms with Gasteiger partial charge < -0.3 is 5.32 Å². The molecule has 1 amide bonds. The molecule has 1 aliphatic heterocycles. The van der Waals surface area contributed by atoms with Gasteiger partial charge in [0, 0.05) is 38.4 Å². The number of carbonyl (C=O) groups is 1. The third-order valence-corrected chi connectivity index (χ3v) is 4.49. The summed E-state index contributed by atoms with van der Waals surface area (Å²) in [5, 5.41) is 10.3. The van der Waals surface area contributed by atoms with Gasteiger partial charge in [0.15, 0.2) is 5.82 Å². The van der Waals surface area contributed by atoms with E-state index in [1.807, 2.05) is 6.07 Å². The molecule has 6 nitrogen and oxygen atoms in total. The molecular formula is C18H22FN5O. The Morgan fingerprint density at radius 2 is 2.04 bits per heavy atom. The first-order chi connectivity index (χ1) is 12.1. The second kappa shape index (κ2) is 8.13. The molecule has 0 saturated carbocycles. The highest BCUT2D eigenvalue weighted by Gasteiger charge is 2.23. The van der Waals surface area contributed by atoms with Gasteiger partial charge in [-0.25, -0.2) is 4.39 Å². The normalized spacial score (nSPS) is 17.2. The maximum Gasteiger partial charge on any atom is 0.239 e. The lowest BCUT2D eigenvalue weighted by Gasteiger charge is -2.37. The van der Waals surface area contributed by atoms with E-state index in [1.165, 1.54) is 6.07 Å². The Kier molecular flexibility index (Phi) is 5.67. The summed E-state index contributed by atoms with van der Waals surface area (Å²) in [5.74, 6) is 0.168. The third-order valence-electron chi connectivity index (χ3n) is 4.49. The van der Waals surface area contributed by atoms with Gasteiger partial charge in [0.2, 0.25) is 5.91 Å². The summed E-state index contributed by atoms with van der Waals surface area (Å²) in [5.41, 5.74) is 0.980. The van der Waals surface area contributed by atoms with Crippen molar-refractivity contribution in [3.63, 3.8) is 0 Å². The molecule has 1 saturated heterocycles. The molecule has 1 fully saturated rings. The van der Waals surface area contributed by atoms with Crippen LogP contribution in [0.15, 0.2) is 42.6 Å². The van der Waals surface area contributed by atoms with E-state index in [0.29, 0.717) is 12.4 Å². The van der Waals surface area contributed by atoms with Crippen LogP contribution >= 0.6 is 0 Å². The quantitative estimate of drug-likeness (QED) is 0.899. The van der Waals surface area contributed by atoms with Crippen molar-refractivity contribution in [3.05, 3.63) is 54.0 Å². The van der Waals surface area contributed by atoms with Crippen LogP contribution in [0.2, 0.25) is 0 Å². The highest BCUT2D eigenvalue weighted by molar-refractivity contribution is 5.91. The van der Waals surface area contributed by atoms with Gasteiger partial charge in [0.25, 0.3) is 0 Å². The van der Waals surface area contributed by atoms with E-state index < -0.39 is 0 Å². The first-order valence-corrected chi connectivity index (χ1v) is 8.41. The highest BCUT2D eigenvalue weighted by Crippen LogP contribution is 2.22. The predicted molar refractivity (Wildman–Crippen MR) is 93.5 cm³/mol. The number of halogens is 1. The van der Waals surface area contributed by atoms with E-state index in [4.69, 9.17) is 0 Å². The fraction of sp³-hybridized carbons (Fsp3) is 0.389. The van der Waals surface area contributed by atoms with Gasteiger partial charge in [-0.2, -0.15) is 5.10 Å². The minimum absolute atomic E-state index is 0.0906. The second-order valence-corrected chi connectivity index (χ2v) is 6.20. The zero-order chi connectivity index (χ0) is 17.6. The van der Waals surface area contributed by atoms with Crippen LogP contribution in [0, 0.1) is 5.82 Å². The summed E-state index contributed by atoms with van der Waals surface area (Å²) in [7, 11) is 0. The van der Waals surface area contributed by atoms with Crippen molar-refractivity contribution in [2.45, 2.75) is 13.0 Å². The Labute approximate surface area is 146 Å². The molecule has 2 heterocycles. The minimum Gasteiger partial charge on any atom is -0.308 e. The lowest BCUT2D eigenvalue weighted by Crippen LogP contribution is -2.49. The lowest BCUT2D eigenvalue weighted by molar-refractivity contribution is -0.117. The summed E-state index contributed by atoms with van der Waals surface area (Å²) in [6.07, 6.45) is 1.56. The van der Waals surface area contributed by atoms with E-state index in [1.54, 1.807) is 30.5 Å². The van der Waals surface area contributed by atoms with Gasteiger partial charge in [0.1, 0.15) is 5.82 Å². The molecule has 1 aromatic carbocycles. The van der Waals surface area contributed by atoms with Crippen LogP contribution < -0.4 is 5.32 Å². The Balaban J connectivity index is 1.47. The van der Waals surface area contributed by atoms with E-state index in [2.05, 4.69) is 32.2 Å². The molecule has 1 N–H and O–H groups in total. The largest absolute Gasteiger partial charge is 0.308 e. The van der Waals surface area contributed by atoms with Gasteiger partial charge >= 0.3 is 0 Å². The average Bonchev–Trinajstić information content (AvgIpc) is 2.62. The third kappa shape index (κ3) is 4.80. The van der Waals surface area contributed by atoms with Crippen molar-refractivity contribution in [2.24, 2.45) is 0 Å². The topological polar surface area (TPSA) is 61.4 Å². The molecule has 3 rings (SSSR count). The number of rotatable bonds is 5. The van der Waals surface area contributed by atoms with Crippen LogP contribution in [0.25, 0.3) is 0 Å². The fourth-order valence-corrected chi connectivity index (χ4v) is 3.04. The van der Waals surface area contributed by atoms with Gasteiger partial charge in [-0.1, -0.05) is 12.1 Å². The summed E-state index contributed by atoms with van der Waals surface area (Å²) in [4.78, 5) is 16.5. The summed E-state index contributed by atoms with van der Waals surface area (Å²) in [6, 6.07) is 10.3. The molecule has 1 atom stereocenters. The zero-order valence-electron chi connectivity index (χ0n) is 14.2. The molecule has 0 aliphatic carbocycles. The number of nitrogens with zero attached hydrogens (tertiary/aromatic N) is 4. The van der Waals surface area contributed by atoms with Crippen molar-refractivity contribution in [1.29, 1.82) is 0 Å². The van der Waals surface area contributed by atoms with Crippen LogP contribution in [0.4, 0.5) is 10.2 Å². The van der Waals surface area contributed by atoms with Crippen LogP contribution in [0.3, 0.4) is 0 Å². The van der Waals surface area contributed by atoms with Crippen molar-refractivity contribution in [3.8, 4) is 0 Å². The van der Waals surface area contributed by atoms with Crippen LogP contribution in [0.1, 0.15) is 18.5 Å². The Morgan fingerprint density at radius 3 is 2.72 bits per heavy atom. The number of hydrogen-bond donors (Lipinski definition) is 1. The molecular weight excluding hydrogens is 321 g/mol. The summed E-state index contributed by atoms with van der Waals surface area (Å²) >= 11 is 0. The number of aromatic nitrogens is 2. The second-order valence-electron chi connectivity index (χ2n) is 6.20. The van der Waals surface area contributed by atoms with Gasteiger partial charge in [-0.05, 0) is 36.8 Å². The molecule has 132 valence electrons. The van der Waals surface area contributed by atoms with Crippen molar-refractivity contribution >= 4 is 11.7 Å². The number of benzene rings is 1. The van der Waals surface area contributed by atoms with Crippen LogP contribution in [-0.2, 0) is 4.79 Å². The number of hydrogen-bond acceptors (Lipinski definition) is 5. The van der Waals surface area contributed by atoms with E-state index >= 15 is 0 Å². The van der Waals surface area contributed by atoms with Gasteiger partial charge in [-0.15, -0.1) is 5.10 Å². The highest BCUT2D eigenvalue weighted by atomic mass is 19.1. The molecule has 1 aromatic heterocycles. The fourth-order valence-electron chi connectivity index (χ4n) is 3.04. The molecule has 0 bridgehead atoms. The minimum atomic E-state index is -0.205. The zero-order valence-corrected chi connectivity index (χ0v) is 14.2. The molecule has 0 spiro atoms. The van der Waals surface area contributed by atoms with Crippen molar-refractivity contribution in [1.82, 2.24) is 20.0 Å². The maximum absolute atomic E-state index is 13.4. The summed E-state index contributed by atoms with van der Waals surface area (Å²) in [6.45, 7) is 5.71. The smallest absolute Gasteiger partial charge is 0.239 e. The van der Waals surface area contributed by atoms with Crippen molar-refractivity contribution in [2.75, 3.05) is 38.0 Å². The van der Waals surface area contributed by atoms with Crippen LogP contribution in [0.5, 0.6) is 0 Å². The molecule has 7 heteroatoms. The van der Waals surface area contributed by atoms with E-state index in [9.17, 15) is 9.18 Å². The number of nitrogens with one attached hydrogen (secondary N) is 1. The Bertz CT molecular complexity index is 704. The monoisotopic (exact) mass is 343 g/mol. The number of piperazine rings is 1. The maximum atomic E-state index is 13.4.